The summed E-state index contributed by atoms with van der Waals surface area (Å²) in [4.78, 5) is 26.9. The number of hydrogen-bond acceptors (Lipinski definition) is 4. The first kappa shape index (κ1) is 19.4. The molecule has 0 saturated heterocycles. The van der Waals surface area contributed by atoms with E-state index >= 15 is 0 Å². The molecule has 128 valence electrons. The quantitative estimate of drug-likeness (QED) is 0.712. The third-order valence-electron chi connectivity index (χ3n) is 3.54. The third-order valence-corrected chi connectivity index (χ3v) is 3.89. The van der Waals surface area contributed by atoms with Crippen LogP contribution in [0, 0.1) is 5.82 Å². The van der Waals surface area contributed by atoms with Crippen molar-refractivity contribution in [1.82, 2.24) is 9.80 Å². The van der Waals surface area contributed by atoms with Crippen molar-refractivity contribution in [2.75, 3.05) is 27.2 Å². The van der Waals surface area contributed by atoms with Gasteiger partial charge in [0.25, 0.3) is 0 Å². The van der Waals surface area contributed by atoms with Crippen molar-refractivity contribution in [3.8, 4) is 0 Å². The standard InChI is InChI=1S/C16H22ClFN2O3/c1-5-23-15(21)10-19(3)11(2)16(22)20(4)9-12-13(17)7-6-8-14(12)18/h6-8,11H,5,9-10H2,1-4H3. The lowest BCUT2D eigenvalue weighted by molar-refractivity contribution is -0.146. The molecule has 7 heteroatoms. The maximum Gasteiger partial charge on any atom is 0.320 e. The average molecular weight is 345 g/mol. The van der Waals surface area contributed by atoms with Crippen LogP contribution in [0.4, 0.5) is 4.39 Å². The number of hydrogen-bond donors (Lipinski definition) is 0. The van der Waals surface area contributed by atoms with E-state index in [1.54, 1.807) is 38.9 Å². The van der Waals surface area contributed by atoms with Gasteiger partial charge in [-0.1, -0.05) is 17.7 Å². The number of carbonyl (C=O) groups excluding carboxylic acids is 2. The van der Waals surface area contributed by atoms with Crippen LogP contribution in [0.25, 0.3) is 0 Å². The molecule has 1 unspecified atom stereocenters. The predicted molar refractivity (Wildman–Crippen MR) is 86.6 cm³/mol. The molecule has 0 spiro atoms. The van der Waals surface area contributed by atoms with Crippen LogP contribution in [0.5, 0.6) is 0 Å². The van der Waals surface area contributed by atoms with Gasteiger partial charge in [0.15, 0.2) is 0 Å². The smallest absolute Gasteiger partial charge is 0.320 e. The Morgan fingerprint density at radius 1 is 1.35 bits per heavy atom. The molecule has 0 aliphatic carbocycles. The molecular weight excluding hydrogens is 323 g/mol. The highest BCUT2D eigenvalue weighted by atomic mass is 35.5. The summed E-state index contributed by atoms with van der Waals surface area (Å²) in [6.07, 6.45) is 0. The maximum atomic E-state index is 13.8. The zero-order chi connectivity index (χ0) is 17.6. The molecule has 0 aliphatic heterocycles. The van der Waals surface area contributed by atoms with Gasteiger partial charge in [0.05, 0.1) is 19.2 Å². The molecule has 0 saturated carbocycles. The SMILES string of the molecule is CCOC(=O)CN(C)C(C)C(=O)N(C)Cc1c(F)cccc1Cl. The van der Waals surface area contributed by atoms with E-state index < -0.39 is 17.8 Å². The van der Waals surface area contributed by atoms with E-state index in [9.17, 15) is 14.0 Å². The molecule has 5 nitrogen and oxygen atoms in total. The van der Waals surface area contributed by atoms with Gasteiger partial charge in [-0.15, -0.1) is 0 Å². The number of esters is 1. The zero-order valence-electron chi connectivity index (χ0n) is 13.8. The van der Waals surface area contributed by atoms with Crippen molar-refractivity contribution >= 4 is 23.5 Å². The Bertz CT molecular complexity index is 548. The van der Waals surface area contributed by atoms with Gasteiger partial charge < -0.3 is 9.64 Å². The van der Waals surface area contributed by atoms with E-state index in [2.05, 4.69) is 0 Å². The Balaban J connectivity index is 2.70. The third kappa shape index (κ3) is 5.48. The fourth-order valence-corrected chi connectivity index (χ4v) is 2.28. The van der Waals surface area contributed by atoms with Crippen LogP contribution in [0.2, 0.25) is 5.02 Å². The van der Waals surface area contributed by atoms with Crippen LogP contribution >= 0.6 is 11.6 Å². The maximum absolute atomic E-state index is 13.8. The number of benzene rings is 1. The summed E-state index contributed by atoms with van der Waals surface area (Å²) in [5.74, 6) is -1.09. The van der Waals surface area contributed by atoms with Crippen LogP contribution < -0.4 is 0 Å². The topological polar surface area (TPSA) is 49.9 Å². The molecule has 0 heterocycles. The highest BCUT2D eigenvalue weighted by Crippen LogP contribution is 2.20. The van der Waals surface area contributed by atoms with Gasteiger partial charge in [-0.05, 0) is 33.0 Å². The van der Waals surface area contributed by atoms with Gasteiger partial charge in [-0.3, -0.25) is 14.5 Å². The summed E-state index contributed by atoms with van der Waals surface area (Å²) >= 11 is 5.97. The van der Waals surface area contributed by atoms with Gasteiger partial charge in [-0.25, -0.2) is 4.39 Å². The summed E-state index contributed by atoms with van der Waals surface area (Å²) < 4.78 is 18.7. The van der Waals surface area contributed by atoms with Crippen molar-refractivity contribution in [3.63, 3.8) is 0 Å². The predicted octanol–water partition coefficient (Wildman–Crippen LogP) is 2.32. The first-order chi connectivity index (χ1) is 10.8. The molecule has 0 radical (unpaired) electrons. The van der Waals surface area contributed by atoms with Crippen LogP contribution in [0.15, 0.2) is 18.2 Å². The fourth-order valence-electron chi connectivity index (χ4n) is 2.05. The summed E-state index contributed by atoms with van der Waals surface area (Å²) in [6, 6.07) is 3.85. The Morgan fingerprint density at radius 2 is 2.00 bits per heavy atom. The molecule has 1 aromatic rings. The highest BCUT2D eigenvalue weighted by molar-refractivity contribution is 6.31. The summed E-state index contributed by atoms with van der Waals surface area (Å²) in [7, 11) is 3.23. The number of nitrogens with zero attached hydrogens (tertiary/aromatic N) is 2. The van der Waals surface area contributed by atoms with Gasteiger partial charge in [-0.2, -0.15) is 0 Å². The normalized spacial score (nSPS) is 12.1. The number of rotatable bonds is 7. The van der Waals surface area contributed by atoms with E-state index in [1.807, 2.05) is 0 Å². The zero-order valence-corrected chi connectivity index (χ0v) is 14.6. The molecule has 23 heavy (non-hydrogen) atoms. The summed E-state index contributed by atoms with van der Waals surface area (Å²) in [5.41, 5.74) is 0.269. The van der Waals surface area contributed by atoms with Crippen LogP contribution in [-0.2, 0) is 20.9 Å². The molecule has 0 bridgehead atoms. The van der Waals surface area contributed by atoms with E-state index in [0.29, 0.717) is 6.61 Å². The van der Waals surface area contributed by atoms with E-state index in [4.69, 9.17) is 16.3 Å². The Labute approximate surface area is 141 Å². The molecular formula is C16H22ClFN2O3. The lowest BCUT2D eigenvalue weighted by Crippen LogP contribution is -2.45. The lowest BCUT2D eigenvalue weighted by Gasteiger charge is -2.27. The number of halogens is 2. The van der Waals surface area contributed by atoms with Crippen LogP contribution in [0.1, 0.15) is 19.4 Å². The van der Waals surface area contributed by atoms with E-state index in [-0.39, 0.29) is 29.6 Å². The molecule has 1 atom stereocenters. The van der Waals surface area contributed by atoms with E-state index in [0.717, 1.165) is 0 Å². The molecule has 0 fully saturated rings. The molecule has 0 aliphatic rings. The van der Waals surface area contributed by atoms with Gasteiger partial charge >= 0.3 is 5.97 Å². The summed E-state index contributed by atoms with van der Waals surface area (Å²) in [6.45, 7) is 3.76. The van der Waals surface area contributed by atoms with Gasteiger partial charge in [0.1, 0.15) is 5.82 Å². The number of ether oxygens (including phenoxy) is 1. The minimum atomic E-state index is -0.546. The second kappa shape index (κ2) is 8.84. The Hall–Kier alpha value is -1.66. The Morgan fingerprint density at radius 3 is 2.57 bits per heavy atom. The molecule has 1 aromatic carbocycles. The first-order valence-corrected chi connectivity index (χ1v) is 7.69. The number of carbonyl (C=O) groups is 2. The second-order valence-electron chi connectivity index (χ2n) is 5.29. The van der Waals surface area contributed by atoms with Gasteiger partial charge in [0.2, 0.25) is 5.91 Å². The molecule has 0 aromatic heterocycles. The molecule has 0 N–H and O–H groups in total. The van der Waals surface area contributed by atoms with Crippen molar-refractivity contribution in [1.29, 1.82) is 0 Å². The van der Waals surface area contributed by atoms with Crippen molar-refractivity contribution in [2.24, 2.45) is 0 Å². The highest BCUT2D eigenvalue weighted by Gasteiger charge is 2.24. The van der Waals surface area contributed by atoms with Crippen molar-refractivity contribution in [3.05, 3.63) is 34.6 Å². The van der Waals surface area contributed by atoms with Gasteiger partial charge in [0, 0.05) is 24.2 Å². The minimum Gasteiger partial charge on any atom is -0.465 e. The first-order valence-electron chi connectivity index (χ1n) is 7.31. The van der Waals surface area contributed by atoms with E-state index in [1.165, 1.54) is 17.0 Å². The monoisotopic (exact) mass is 344 g/mol. The second-order valence-corrected chi connectivity index (χ2v) is 5.70. The van der Waals surface area contributed by atoms with Crippen molar-refractivity contribution in [2.45, 2.75) is 26.4 Å². The average Bonchev–Trinajstić information content (AvgIpc) is 2.49. The molecule has 1 rings (SSSR count). The number of likely N-dealkylation sites (N-methyl/N-ethyl adjacent to an activating group) is 2. The van der Waals surface area contributed by atoms with Crippen LogP contribution in [-0.4, -0.2) is 55.0 Å². The minimum absolute atomic E-state index is 0.00897. The Kier molecular flexibility index (Phi) is 7.45. The number of amides is 1. The largest absolute Gasteiger partial charge is 0.465 e. The van der Waals surface area contributed by atoms with Crippen molar-refractivity contribution < 1.29 is 18.7 Å². The summed E-state index contributed by atoms with van der Waals surface area (Å²) in [5, 5.41) is 0.275. The lowest BCUT2D eigenvalue weighted by atomic mass is 10.2. The van der Waals surface area contributed by atoms with Crippen LogP contribution in [0.3, 0.4) is 0 Å². The molecule has 1 amide bonds. The fraction of sp³-hybridized carbons (Fsp3) is 0.500.